The van der Waals surface area contributed by atoms with E-state index in [9.17, 15) is 18.0 Å². The minimum Gasteiger partial charge on any atom is -0.465 e. The van der Waals surface area contributed by atoms with Gasteiger partial charge < -0.3 is 4.74 Å². The Kier molecular flexibility index (Phi) is 3.68. The van der Waals surface area contributed by atoms with Crippen LogP contribution in [0.4, 0.5) is 13.2 Å². The van der Waals surface area contributed by atoms with Gasteiger partial charge in [0.2, 0.25) is 0 Å². The number of halogens is 3. The summed E-state index contributed by atoms with van der Waals surface area (Å²) in [7, 11) is 0.961. The largest absolute Gasteiger partial charge is 0.465 e. The van der Waals surface area contributed by atoms with E-state index in [1.54, 1.807) is 6.07 Å². The zero-order chi connectivity index (χ0) is 13.2. The van der Waals surface area contributed by atoms with Crippen molar-refractivity contribution in [3.05, 3.63) is 28.8 Å². The van der Waals surface area contributed by atoms with Crippen LogP contribution in [0.2, 0.25) is 0 Å². The molecule has 0 spiro atoms. The summed E-state index contributed by atoms with van der Waals surface area (Å²) in [5.74, 6) is -1.15. The Labute approximate surface area is 100 Å². The van der Waals surface area contributed by atoms with E-state index in [2.05, 4.69) is 17.4 Å². The summed E-state index contributed by atoms with van der Waals surface area (Å²) in [4.78, 5) is 11.1. The van der Waals surface area contributed by atoms with Crippen molar-refractivity contribution in [1.82, 2.24) is 0 Å². The van der Waals surface area contributed by atoms with Crippen molar-refractivity contribution in [3.63, 3.8) is 0 Å². The van der Waals surface area contributed by atoms with E-state index in [1.807, 2.05) is 0 Å². The average molecular weight is 261 g/mol. The van der Waals surface area contributed by atoms with Crippen LogP contribution in [0, 0.1) is 11.3 Å². The first-order valence-electron chi connectivity index (χ1n) is 4.24. The topological polar surface area (TPSA) is 50.1 Å². The van der Waals surface area contributed by atoms with E-state index in [1.165, 1.54) is 0 Å². The zero-order valence-electron chi connectivity index (χ0n) is 8.50. The molecule has 0 amide bonds. The molecule has 0 bridgehead atoms. The lowest BCUT2D eigenvalue weighted by Crippen LogP contribution is -2.14. The van der Waals surface area contributed by atoms with E-state index >= 15 is 0 Å². The summed E-state index contributed by atoms with van der Waals surface area (Å²) in [6, 6.07) is 3.09. The van der Waals surface area contributed by atoms with Gasteiger partial charge in [-0.25, -0.2) is 4.79 Å². The lowest BCUT2D eigenvalue weighted by molar-refractivity contribution is -0.138. The first-order valence-corrected chi connectivity index (χ1v) is 4.68. The third kappa shape index (κ3) is 2.71. The molecule has 0 aromatic heterocycles. The summed E-state index contributed by atoms with van der Waals surface area (Å²) in [5.41, 5.74) is -2.00. The highest BCUT2D eigenvalue weighted by Gasteiger charge is 2.36. The number of benzene rings is 1. The van der Waals surface area contributed by atoms with Gasteiger partial charge in [0.05, 0.1) is 23.8 Å². The Hall–Kier alpha value is -1.68. The first kappa shape index (κ1) is 13.4. The van der Waals surface area contributed by atoms with E-state index in [4.69, 9.17) is 5.26 Å². The summed E-state index contributed by atoms with van der Waals surface area (Å²) in [6.07, 6.45) is -4.71. The normalized spacial score (nSPS) is 10.8. The fourth-order valence-electron chi connectivity index (χ4n) is 1.19. The summed E-state index contributed by atoms with van der Waals surface area (Å²) in [5, 5.41) is 8.66. The van der Waals surface area contributed by atoms with Crippen LogP contribution >= 0.6 is 12.6 Å². The molecule has 0 fully saturated rings. The molecule has 17 heavy (non-hydrogen) atoms. The van der Waals surface area contributed by atoms with Crippen molar-refractivity contribution in [1.29, 1.82) is 5.26 Å². The fourth-order valence-corrected chi connectivity index (χ4v) is 1.43. The molecule has 0 radical (unpaired) electrons. The second-order valence-corrected chi connectivity index (χ2v) is 3.50. The number of nitriles is 1. The highest BCUT2D eigenvalue weighted by Crippen LogP contribution is 2.34. The van der Waals surface area contributed by atoms with Crippen molar-refractivity contribution in [3.8, 4) is 6.07 Å². The Bertz CT molecular complexity index is 505. The second kappa shape index (κ2) is 4.67. The lowest BCUT2D eigenvalue weighted by Gasteiger charge is -2.12. The van der Waals surface area contributed by atoms with Gasteiger partial charge in [0.25, 0.3) is 0 Å². The molecule has 3 nitrogen and oxygen atoms in total. The minimum atomic E-state index is -4.71. The van der Waals surface area contributed by atoms with Crippen LogP contribution in [0.3, 0.4) is 0 Å². The van der Waals surface area contributed by atoms with Crippen molar-refractivity contribution in [2.45, 2.75) is 11.1 Å². The van der Waals surface area contributed by atoms with Crippen LogP contribution < -0.4 is 0 Å². The Morgan fingerprint density at radius 1 is 1.47 bits per heavy atom. The van der Waals surface area contributed by atoms with Crippen LogP contribution in [0.15, 0.2) is 17.0 Å². The molecule has 0 atom stereocenters. The number of alkyl halides is 3. The molecule has 90 valence electrons. The van der Waals surface area contributed by atoms with Crippen LogP contribution in [0.1, 0.15) is 21.5 Å². The first-order chi connectivity index (χ1) is 7.81. The predicted molar refractivity (Wildman–Crippen MR) is 54.8 cm³/mol. The Balaban J connectivity index is 3.54. The highest BCUT2D eigenvalue weighted by atomic mass is 32.1. The molecule has 0 saturated heterocycles. The van der Waals surface area contributed by atoms with Crippen molar-refractivity contribution < 1.29 is 22.7 Å². The lowest BCUT2D eigenvalue weighted by atomic mass is 10.0. The van der Waals surface area contributed by atoms with Crippen LogP contribution in [0.5, 0.6) is 0 Å². The number of ether oxygens (including phenoxy) is 1. The number of nitrogens with zero attached hydrogens (tertiary/aromatic N) is 1. The minimum absolute atomic E-state index is 0.123. The van der Waals surface area contributed by atoms with Crippen LogP contribution in [0.25, 0.3) is 0 Å². The van der Waals surface area contributed by atoms with Gasteiger partial charge in [-0.05, 0) is 12.1 Å². The van der Waals surface area contributed by atoms with E-state index in [0.29, 0.717) is 6.07 Å². The Morgan fingerprint density at radius 2 is 2.06 bits per heavy atom. The number of rotatable bonds is 1. The molecule has 0 aliphatic heterocycles. The van der Waals surface area contributed by atoms with E-state index < -0.39 is 23.3 Å². The quantitative estimate of drug-likeness (QED) is 0.624. The smallest absolute Gasteiger partial charge is 0.417 e. The maximum Gasteiger partial charge on any atom is 0.417 e. The van der Waals surface area contributed by atoms with Crippen LogP contribution in [-0.2, 0) is 10.9 Å². The van der Waals surface area contributed by atoms with Crippen LogP contribution in [-0.4, -0.2) is 13.1 Å². The van der Waals surface area contributed by atoms with Gasteiger partial charge in [0, 0.05) is 4.90 Å². The molecule has 1 aromatic carbocycles. The molecule has 7 heteroatoms. The average Bonchev–Trinajstić information content (AvgIpc) is 2.26. The number of carbonyl (C=O) groups excluding carboxylic acids is 1. The number of hydrogen-bond acceptors (Lipinski definition) is 4. The van der Waals surface area contributed by atoms with Gasteiger partial charge in [-0.2, -0.15) is 18.4 Å². The van der Waals surface area contributed by atoms with E-state index in [-0.39, 0.29) is 10.5 Å². The third-order valence-electron chi connectivity index (χ3n) is 1.97. The zero-order valence-corrected chi connectivity index (χ0v) is 9.39. The van der Waals surface area contributed by atoms with Gasteiger partial charge in [-0.1, -0.05) is 0 Å². The van der Waals surface area contributed by atoms with Crippen molar-refractivity contribution in [2.75, 3.05) is 7.11 Å². The maximum absolute atomic E-state index is 12.6. The molecule has 0 aliphatic rings. The number of thiol groups is 1. The third-order valence-corrected chi connectivity index (χ3v) is 2.34. The molecule has 0 heterocycles. The fraction of sp³-hybridized carbons (Fsp3) is 0.200. The second-order valence-electron chi connectivity index (χ2n) is 3.02. The number of carbonyl (C=O) groups is 1. The summed E-state index contributed by atoms with van der Waals surface area (Å²) >= 11 is 3.75. The number of methoxy groups -OCH3 is 1. The standard InChI is InChI=1S/C10H6F3NO2S/c1-16-9(15)6-2-5(4-14)8(17)3-7(6)10(11,12)13/h2-3,17H,1H3. The van der Waals surface area contributed by atoms with Gasteiger partial charge in [0.1, 0.15) is 6.07 Å². The molecule has 0 N–H and O–H groups in total. The maximum atomic E-state index is 12.6. The predicted octanol–water partition coefficient (Wildman–Crippen LogP) is 2.65. The van der Waals surface area contributed by atoms with E-state index in [0.717, 1.165) is 13.2 Å². The molecule has 1 rings (SSSR count). The molecule has 0 saturated carbocycles. The number of esters is 1. The SMILES string of the molecule is COC(=O)c1cc(C#N)c(S)cc1C(F)(F)F. The molecule has 1 aromatic rings. The van der Waals surface area contributed by atoms with Crippen molar-refractivity contribution in [2.24, 2.45) is 0 Å². The molecular weight excluding hydrogens is 255 g/mol. The number of hydrogen-bond donors (Lipinski definition) is 1. The molecule has 0 aliphatic carbocycles. The summed E-state index contributed by atoms with van der Waals surface area (Å²) < 4.78 is 42.1. The monoisotopic (exact) mass is 261 g/mol. The molecule has 0 unspecified atom stereocenters. The van der Waals surface area contributed by atoms with Gasteiger partial charge >= 0.3 is 12.1 Å². The van der Waals surface area contributed by atoms with Gasteiger partial charge in [0.15, 0.2) is 0 Å². The summed E-state index contributed by atoms with van der Waals surface area (Å²) in [6.45, 7) is 0. The Morgan fingerprint density at radius 3 is 2.47 bits per heavy atom. The highest BCUT2D eigenvalue weighted by molar-refractivity contribution is 7.80. The van der Waals surface area contributed by atoms with Crippen molar-refractivity contribution >= 4 is 18.6 Å². The van der Waals surface area contributed by atoms with Gasteiger partial charge in [-0.15, -0.1) is 12.6 Å². The van der Waals surface area contributed by atoms with Gasteiger partial charge in [-0.3, -0.25) is 0 Å². The molecular formula is C10H6F3NO2S.